The molecule has 0 bridgehead atoms. The van der Waals surface area contributed by atoms with Gasteiger partial charge in [0.05, 0.1) is 31.1 Å². The Morgan fingerprint density at radius 1 is 0.600 bits per heavy atom. The number of benzene rings is 1. The van der Waals surface area contributed by atoms with E-state index in [0.29, 0.717) is 38.6 Å². The van der Waals surface area contributed by atoms with Crippen molar-refractivity contribution >= 4 is 41.1 Å². The number of carboxylic acid groups (broad SMARTS) is 2. The van der Waals surface area contributed by atoms with Gasteiger partial charge in [-0.2, -0.15) is 0 Å². The predicted octanol–water partition coefficient (Wildman–Crippen LogP) is 6.57. The number of hydrogen-bond donors (Lipinski definition) is 7. The molecule has 0 unspecified atom stereocenters. The van der Waals surface area contributed by atoms with Crippen molar-refractivity contribution in [1.29, 1.82) is 0 Å². The minimum Gasteiger partial charge on any atom is -0.508 e. The van der Waals surface area contributed by atoms with Crippen LogP contribution in [-0.4, -0.2) is 88.1 Å². The number of rotatable bonds is 40. The maximum absolute atomic E-state index is 13.3. The number of carbonyl (C=O) groups excluding carboxylic acids is 5. The van der Waals surface area contributed by atoms with Gasteiger partial charge >= 0.3 is 11.9 Å². The molecule has 0 saturated heterocycles. The van der Waals surface area contributed by atoms with Gasteiger partial charge < -0.3 is 31.7 Å². The van der Waals surface area contributed by atoms with Crippen molar-refractivity contribution in [1.82, 2.24) is 16.0 Å². The topological polar surface area (TPSA) is 242 Å². The molecule has 3 atom stereocenters. The number of aliphatic carboxylic acids is 2. The van der Waals surface area contributed by atoms with E-state index in [1.54, 1.807) is 12.1 Å². The Hall–Kier alpha value is -4.17. The minimum atomic E-state index is -1.08. The zero-order valence-electron chi connectivity index (χ0n) is 36.5. The summed E-state index contributed by atoms with van der Waals surface area (Å²) in [7, 11) is 0. The van der Waals surface area contributed by atoms with E-state index >= 15 is 0 Å². The summed E-state index contributed by atoms with van der Waals surface area (Å²) in [6.07, 6.45) is 17.8. The number of aromatic hydroxyl groups is 1. The lowest BCUT2D eigenvalue weighted by molar-refractivity contribution is -0.144. The van der Waals surface area contributed by atoms with Gasteiger partial charge in [0, 0.05) is 38.6 Å². The highest BCUT2D eigenvalue weighted by Crippen LogP contribution is 2.17. The molecule has 0 heterocycles. The number of phenols is 1. The van der Waals surface area contributed by atoms with Crippen LogP contribution in [0.15, 0.2) is 24.3 Å². The Morgan fingerprint density at radius 2 is 1.13 bits per heavy atom. The molecule has 0 saturated carbocycles. The van der Waals surface area contributed by atoms with E-state index < -0.39 is 35.8 Å². The van der Waals surface area contributed by atoms with E-state index in [-0.39, 0.29) is 80.1 Å². The number of hydrogen-bond acceptors (Lipinski definition) is 10. The quantitative estimate of drug-likeness (QED) is 0.0347. The SMILES string of the molecule is CC(C)CC(=O)CN[C@@H](CCCCNC(=O)CC[C@H](CC(=O)CCCCCCCCCCCCCCCCC(=O)O)C(=O)O)C(=O)CN[C@@H](Cc1ccc(O)cc1)C(N)=O. The van der Waals surface area contributed by atoms with Crippen LogP contribution in [0.2, 0.25) is 0 Å². The summed E-state index contributed by atoms with van der Waals surface area (Å²) < 4.78 is 0. The number of unbranched alkanes of at least 4 members (excludes halogenated alkanes) is 14. The molecule has 0 aliphatic heterocycles. The zero-order chi connectivity index (χ0) is 44.5. The summed E-state index contributed by atoms with van der Waals surface area (Å²) in [5.74, 6) is -3.74. The van der Waals surface area contributed by atoms with Crippen molar-refractivity contribution in [3.63, 3.8) is 0 Å². The Balaban J connectivity index is 2.33. The molecule has 0 radical (unpaired) electrons. The van der Waals surface area contributed by atoms with E-state index in [0.717, 1.165) is 50.5 Å². The molecule has 1 aromatic rings. The van der Waals surface area contributed by atoms with Crippen LogP contribution in [0, 0.1) is 11.8 Å². The summed E-state index contributed by atoms with van der Waals surface area (Å²) in [5, 5.41) is 36.7. The second-order valence-electron chi connectivity index (χ2n) is 16.7. The van der Waals surface area contributed by atoms with E-state index in [4.69, 9.17) is 10.8 Å². The lowest BCUT2D eigenvalue weighted by Gasteiger charge is -2.20. The van der Waals surface area contributed by atoms with Gasteiger partial charge in [-0.25, -0.2) is 0 Å². The predicted molar refractivity (Wildman–Crippen MR) is 232 cm³/mol. The summed E-state index contributed by atoms with van der Waals surface area (Å²) in [4.78, 5) is 85.3. The van der Waals surface area contributed by atoms with Crippen molar-refractivity contribution in [3.05, 3.63) is 29.8 Å². The summed E-state index contributed by atoms with van der Waals surface area (Å²) in [5.41, 5.74) is 6.34. The largest absolute Gasteiger partial charge is 0.508 e. The third-order valence-electron chi connectivity index (χ3n) is 10.7. The number of amides is 2. The molecule has 0 aliphatic rings. The number of ketones is 3. The molecule has 0 fully saturated rings. The molecule has 0 aromatic heterocycles. The minimum absolute atomic E-state index is 0.0175. The van der Waals surface area contributed by atoms with Crippen molar-refractivity contribution in [2.45, 2.75) is 180 Å². The average molecular weight is 845 g/mol. The van der Waals surface area contributed by atoms with E-state index in [1.165, 1.54) is 57.1 Å². The number of Topliss-reactive ketones (excluding diaryl/α,β-unsaturated/α-hetero) is 3. The zero-order valence-corrected chi connectivity index (χ0v) is 36.5. The molecular formula is C46H76N4O10. The monoisotopic (exact) mass is 845 g/mol. The van der Waals surface area contributed by atoms with Crippen LogP contribution >= 0.6 is 0 Å². The van der Waals surface area contributed by atoms with Crippen LogP contribution in [-0.2, 0) is 40.0 Å². The van der Waals surface area contributed by atoms with Crippen LogP contribution in [0.4, 0.5) is 0 Å². The summed E-state index contributed by atoms with van der Waals surface area (Å²) in [6.45, 7) is 4.06. The molecule has 14 heteroatoms. The Morgan fingerprint density at radius 3 is 1.65 bits per heavy atom. The van der Waals surface area contributed by atoms with Gasteiger partial charge in [-0.1, -0.05) is 103 Å². The van der Waals surface area contributed by atoms with Gasteiger partial charge in [0.25, 0.3) is 0 Å². The van der Waals surface area contributed by atoms with E-state index in [9.17, 15) is 43.8 Å². The highest BCUT2D eigenvalue weighted by molar-refractivity contribution is 5.88. The third kappa shape index (κ3) is 29.1. The van der Waals surface area contributed by atoms with Crippen molar-refractivity contribution in [2.24, 2.45) is 17.6 Å². The maximum atomic E-state index is 13.3. The fourth-order valence-electron chi connectivity index (χ4n) is 7.13. The van der Waals surface area contributed by atoms with Gasteiger partial charge in [-0.05, 0) is 68.6 Å². The number of nitrogens with two attached hydrogens (primary N) is 1. The lowest BCUT2D eigenvalue weighted by Crippen LogP contribution is -2.49. The molecule has 60 heavy (non-hydrogen) atoms. The van der Waals surface area contributed by atoms with Crippen LogP contribution < -0.4 is 21.7 Å². The molecule has 1 rings (SSSR count). The molecule has 8 N–H and O–H groups in total. The van der Waals surface area contributed by atoms with E-state index in [2.05, 4.69) is 16.0 Å². The van der Waals surface area contributed by atoms with Crippen LogP contribution in [0.25, 0.3) is 0 Å². The second kappa shape index (κ2) is 33.5. The van der Waals surface area contributed by atoms with Crippen molar-refractivity contribution in [2.75, 3.05) is 19.6 Å². The Kier molecular flexibility index (Phi) is 30.1. The molecule has 1 aromatic carbocycles. The second-order valence-corrected chi connectivity index (χ2v) is 16.7. The first-order valence-corrected chi connectivity index (χ1v) is 22.5. The fraction of sp³-hybridized carbons (Fsp3) is 0.717. The number of carbonyl (C=O) groups is 7. The standard InChI is InChI=1S/C46H76N4O10/c1-34(2)29-39(53)32-49-40(42(54)33-50-41(45(47)58)30-35-22-25-37(51)26-23-35)20-17-18-28-48-43(55)27-24-36(46(59)60)31-38(52)19-15-13-11-9-7-5-3-4-6-8-10-12-14-16-21-44(56)57/h22-23,25-26,34,36,40-41,49-51H,3-21,24,27-33H2,1-2H3,(H2,47,58)(H,48,55)(H,56,57)(H,59,60)/t36-,40+,41+/m1/s1. The van der Waals surface area contributed by atoms with Crippen LogP contribution in [0.3, 0.4) is 0 Å². The van der Waals surface area contributed by atoms with Crippen LogP contribution in [0.1, 0.15) is 167 Å². The summed E-state index contributed by atoms with van der Waals surface area (Å²) in [6, 6.07) is 4.84. The molecule has 0 aliphatic carbocycles. The number of phenolic OH excluding ortho intramolecular Hbond substituents is 1. The Bertz CT molecular complexity index is 1420. The lowest BCUT2D eigenvalue weighted by atomic mass is 9.94. The number of primary amides is 1. The third-order valence-corrected chi connectivity index (χ3v) is 10.7. The molecule has 14 nitrogen and oxygen atoms in total. The summed E-state index contributed by atoms with van der Waals surface area (Å²) >= 11 is 0. The smallest absolute Gasteiger partial charge is 0.306 e. The Labute approximate surface area is 358 Å². The highest BCUT2D eigenvalue weighted by atomic mass is 16.4. The number of nitrogens with one attached hydrogen (secondary N) is 3. The highest BCUT2D eigenvalue weighted by Gasteiger charge is 2.24. The van der Waals surface area contributed by atoms with Crippen LogP contribution in [0.5, 0.6) is 5.75 Å². The van der Waals surface area contributed by atoms with Gasteiger partial charge in [0.2, 0.25) is 11.8 Å². The van der Waals surface area contributed by atoms with E-state index in [1.807, 2.05) is 13.8 Å². The van der Waals surface area contributed by atoms with Gasteiger partial charge in [-0.3, -0.25) is 38.9 Å². The van der Waals surface area contributed by atoms with Gasteiger partial charge in [0.15, 0.2) is 5.78 Å². The fourth-order valence-corrected chi connectivity index (χ4v) is 7.13. The van der Waals surface area contributed by atoms with Gasteiger partial charge in [-0.15, -0.1) is 0 Å². The molecule has 2 amide bonds. The van der Waals surface area contributed by atoms with Gasteiger partial charge in [0.1, 0.15) is 17.3 Å². The van der Waals surface area contributed by atoms with Crippen molar-refractivity contribution in [3.8, 4) is 5.75 Å². The molecule has 340 valence electrons. The first-order chi connectivity index (χ1) is 28.7. The molecular weight excluding hydrogens is 769 g/mol. The average Bonchev–Trinajstić information content (AvgIpc) is 3.18. The first-order valence-electron chi connectivity index (χ1n) is 22.5. The first kappa shape index (κ1) is 53.8. The molecule has 0 spiro atoms. The maximum Gasteiger partial charge on any atom is 0.306 e. The van der Waals surface area contributed by atoms with Crippen molar-refractivity contribution < 1.29 is 48.9 Å². The number of carboxylic acids is 2. The normalized spacial score (nSPS) is 12.8.